The molecule has 1 aliphatic rings. The molecule has 1 aromatic heterocycles. The standard InChI is InChI=1S/C14H18ClN3O/c1-9(2)17-7-6-10(8-17)18-12-5-3-4-11(15)13(12)16-14(18)19/h3-5,9-10H,6-8H2,1-2H3,(H,16,19). The van der Waals surface area contributed by atoms with Gasteiger partial charge in [0.25, 0.3) is 0 Å². The van der Waals surface area contributed by atoms with Crippen LogP contribution in [0.5, 0.6) is 0 Å². The average molecular weight is 280 g/mol. The van der Waals surface area contributed by atoms with Crippen LogP contribution in [0.2, 0.25) is 5.02 Å². The van der Waals surface area contributed by atoms with Gasteiger partial charge in [0, 0.05) is 19.1 Å². The molecular formula is C14H18ClN3O. The molecule has 1 atom stereocenters. The zero-order valence-electron chi connectivity index (χ0n) is 11.2. The maximum Gasteiger partial charge on any atom is 0.326 e. The maximum absolute atomic E-state index is 12.2. The number of aromatic nitrogens is 2. The van der Waals surface area contributed by atoms with Gasteiger partial charge in [-0.1, -0.05) is 17.7 Å². The summed E-state index contributed by atoms with van der Waals surface area (Å²) >= 11 is 6.13. The van der Waals surface area contributed by atoms with Crippen LogP contribution in [0.4, 0.5) is 0 Å². The molecule has 4 nitrogen and oxygen atoms in total. The summed E-state index contributed by atoms with van der Waals surface area (Å²) in [7, 11) is 0. The van der Waals surface area contributed by atoms with Crippen LogP contribution in [-0.4, -0.2) is 33.6 Å². The lowest BCUT2D eigenvalue weighted by Gasteiger charge is -2.20. The summed E-state index contributed by atoms with van der Waals surface area (Å²) in [6.07, 6.45) is 1.01. The van der Waals surface area contributed by atoms with Crippen molar-refractivity contribution in [3.05, 3.63) is 33.7 Å². The first-order valence-electron chi connectivity index (χ1n) is 6.70. The lowest BCUT2D eigenvalue weighted by Crippen LogP contribution is -2.30. The highest BCUT2D eigenvalue weighted by Crippen LogP contribution is 2.27. The lowest BCUT2D eigenvalue weighted by molar-refractivity contribution is 0.265. The van der Waals surface area contributed by atoms with Crippen molar-refractivity contribution in [3.8, 4) is 0 Å². The molecule has 2 aromatic rings. The number of H-pyrrole nitrogens is 1. The van der Waals surface area contributed by atoms with Crippen molar-refractivity contribution in [3.63, 3.8) is 0 Å². The minimum atomic E-state index is -0.0568. The van der Waals surface area contributed by atoms with Gasteiger partial charge < -0.3 is 4.98 Å². The number of fused-ring (bicyclic) bond motifs is 1. The maximum atomic E-state index is 12.2. The zero-order valence-corrected chi connectivity index (χ0v) is 11.9. The molecule has 0 radical (unpaired) electrons. The summed E-state index contributed by atoms with van der Waals surface area (Å²) in [6, 6.07) is 6.41. The summed E-state index contributed by atoms with van der Waals surface area (Å²) in [6.45, 7) is 6.35. The molecule has 5 heteroatoms. The number of nitrogens with zero attached hydrogens (tertiary/aromatic N) is 2. The molecule has 1 aliphatic heterocycles. The van der Waals surface area contributed by atoms with Crippen LogP contribution < -0.4 is 5.69 Å². The molecule has 3 rings (SSSR count). The van der Waals surface area contributed by atoms with Gasteiger partial charge >= 0.3 is 5.69 Å². The number of nitrogens with one attached hydrogen (secondary N) is 1. The smallest absolute Gasteiger partial charge is 0.304 e. The number of hydrogen-bond acceptors (Lipinski definition) is 2. The summed E-state index contributed by atoms with van der Waals surface area (Å²) in [4.78, 5) is 17.5. The predicted octanol–water partition coefficient (Wildman–Crippen LogP) is 2.64. The van der Waals surface area contributed by atoms with Crippen LogP contribution in [-0.2, 0) is 0 Å². The Morgan fingerprint density at radius 1 is 1.42 bits per heavy atom. The number of likely N-dealkylation sites (tertiary alicyclic amines) is 1. The molecule has 19 heavy (non-hydrogen) atoms. The molecule has 1 aromatic carbocycles. The molecule has 0 bridgehead atoms. The highest BCUT2D eigenvalue weighted by atomic mass is 35.5. The monoisotopic (exact) mass is 279 g/mol. The number of hydrogen-bond donors (Lipinski definition) is 1. The van der Waals surface area contributed by atoms with Crippen LogP contribution >= 0.6 is 11.6 Å². The van der Waals surface area contributed by atoms with E-state index in [1.807, 2.05) is 16.7 Å². The minimum Gasteiger partial charge on any atom is -0.304 e. The van der Waals surface area contributed by atoms with Crippen LogP contribution in [0.15, 0.2) is 23.0 Å². The van der Waals surface area contributed by atoms with E-state index in [9.17, 15) is 4.79 Å². The van der Waals surface area contributed by atoms with E-state index in [1.165, 1.54) is 0 Å². The van der Waals surface area contributed by atoms with Crippen LogP contribution in [0, 0.1) is 0 Å². The van der Waals surface area contributed by atoms with Gasteiger partial charge in [-0.25, -0.2) is 4.79 Å². The van der Waals surface area contributed by atoms with Gasteiger partial charge in [-0.15, -0.1) is 0 Å². The normalized spacial score (nSPS) is 20.7. The Labute approximate surface area is 117 Å². The highest BCUT2D eigenvalue weighted by molar-refractivity contribution is 6.34. The first-order chi connectivity index (χ1) is 9.08. The fraction of sp³-hybridized carbons (Fsp3) is 0.500. The van der Waals surface area contributed by atoms with Crippen LogP contribution in [0.3, 0.4) is 0 Å². The third-order valence-electron chi connectivity index (χ3n) is 3.99. The van der Waals surface area contributed by atoms with Gasteiger partial charge in [-0.2, -0.15) is 0 Å². The van der Waals surface area contributed by atoms with Gasteiger partial charge in [0.1, 0.15) is 0 Å². The lowest BCUT2D eigenvalue weighted by atomic mass is 10.2. The Hall–Kier alpha value is -1.26. The van der Waals surface area contributed by atoms with E-state index in [-0.39, 0.29) is 11.7 Å². The summed E-state index contributed by atoms with van der Waals surface area (Å²) in [5, 5.41) is 0.604. The molecule has 1 N–H and O–H groups in total. The Balaban J connectivity index is 2.04. The molecule has 0 saturated carbocycles. The van der Waals surface area contributed by atoms with E-state index in [1.54, 1.807) is 6.07 Å². The van der Waals surface area contributed by atoms with E-state index in [2.05, 4.69) is 23.7 Å². The molecular weight excluding hydrogens is 262 g/mol. The van der Waals surface area contributed by atoms with E-state index in [4.69, 9.17) is 11.6 Å². The second-order valence-electron chi connectivity index (χ2n) is 5.47. The van der Waals surface area contributed by atoms with Crippen molar-refractivity contribution in [2.75, 3.05) is 13.1 Å². The summed E-state index contributed by atoms with van der Waals surface area (Å²) in [5.41, 5.74) is 1.60. The molecule has 1 saturated heterocycles. The average Bonchev–Trinajstić information content (AvgIpc) is 2.93. The third-order valence-corrected chi connectivity index (χ3v) is 4.31. The molecule has 1 fully saturated rings. The van der Waals surface area contributed by atoms with Crippen LogP contribution in [0.1, 0.15) is 26.3 Å². The SMILES string of the molecule is CC(C)N1CCC(n2c(=O)[nH]c3c(Cl)cccc32)C1. The number of halogens is 1. The van der Waals surface area contributed by atoms with Crippen molar-refractivity contribution in [2.24, 2.45) is 0 Å². The van der Waals surface area contributed by atoms with Crippen LogP contribution in [0.25, 0.3) is 11.0 Å². The number of imidazole rings is 1. The van der Waals surface area contributed by atoms with E-state index >= 15 is 0 Å². The quantitative estimate of drug-likeness (QED) is 0.918. The molecule has 0 amide bonds. The fourth-order valence-corrected chi connectivity index (χ4v) is 3.14. The third kappa shape index (κ3) is 2.09. The topological polar surface area (TPSA) is 41.0 Å². The minimum absolute atomic E-state index is 0.0568. The molecule has 1 unspecified atom stereocenters. The van der Waals surface area contributed by atoms with Crippen molar-refractivity contribution >= 4 is 22.6 Å². The Bertz CT molecular complexity index is 658. The van der Waals surface area contributed by atoms with Crippen molar-refractivity contribution in [2.45, 2.75) is 32.4 Å². The predicted molar refractivity (Wildman–Crippen MR) is 77.9 cm³/mol. The first kappa shape index (κ1) is 12.8. The van der Waals surface area contributed by atoms with Gasteiger partial charge in [0.2, 0.25) is 0 Å². The van der Waals surface area contributed by atoms with E-state index in [0.717, 1.165) is 30.5 Å². The van der Waals surface area contributed by atoms with E-state index in [0.29, 0.717) is 11.1 Å². The zero-order chi connectivity index (χ0) is 13.6. The van der Waals surface area contributed by atoms with Gasteiger partial charge in [0.05, 0.1) is 22.1 Å². The Morgan fingerprint density at radius 2 is 2.21 bits per heavy atom. The van der Waals surface area contributed by atoms with Gasteiger partial charge in [-0.05, 0) is 32.4 Å². The van der Waals surface area contributed by atoms with E-state index < -0.39 is 0 Å². The molecule has 2 heterocycles. The highest BCUT2D eigenvalue weighted by Gasteiger charge is 2.27. The Morgan fingerprint density at radius 3 is 2.89 bits per heavy atom. The number of rotatable bonds is 2. The second-order valence-corrected chi connectivity index (χ2v) is 5.87. The number of aromatic amines is 1. The first-order valence-corrected chi connectivity index (χ1v) is 7.08. The van der Waals surface area contributed by atoms with Gasteiger partial charge in [-0.3, -0.25) is 9.47 Å². The summed E-state index contributed by atoms with van der Waals surface area (Å²) in [5.74, 6) is 0. The number of benzene rings is 1. The van der Waals surface area contributed by atoms with Gasteiger partial charge in [0.15, 0.2) is 0 Å². The van der Waals surface area contributed by atoms with Crippen molar-refractivity contribution in [1.82, 2.24) is 14.5 Å². The second kappa shape index (κ2) is 4.69. The van der Waals surface area contributed by atoms with Crippen molar-refractivity contribution in [1.29, 1.82) is 0 Å². The fourth-order valence-electron chi connectivity index (χ4n) is 2.92. The molecule has 0 aliphatic carbocycles. The summed E-state index contributed by atoms with van der Waals surface area (Å²) < 4.78 is 1.86. The Kier molecular flexibility index (Phi) is 3.15. The molecule has 0 spiro atoms. The number of para-hydroxylation sites is 1. The largest absolute Gasteiger partial charge is 0.326 e. The molecule has 102 valence electrons. The van der Waals surface area contributed by atoms with Crippen molar-refractivity contribution < 1.29 is 0 Å².